The third kappa shape index (κ3) is 2.56. The van der Waals surface area contributed by atoms with Gasteiger partial charge < -0.3 is 4.74 Å². The van der Waals surface area contributed by atoms with E-state index in [1.54, 1.807) is 13.3 Å². The molecule has 0 radical (unpaired) electrons. The van der Waals surface area contributed by atoms with Gasteiger partial charge in [-0.25, -0.2) is 9.97 Å². The summed E-state index contributed by atoms with van der Waals surface area (Å²) in [5.41, 5.74) is 2.99. The molecule has 3 nitrogen and oxygen atoms in total. The quantitative estimate of drug-likeness (QED) is 0.782. The van der Waals surface area contributed by atoms with E-state index in [-0.39, 0.29) is 5.28 Å². The van der Waals surface area contributed by atoms with Crippen LogP contribution in [-0.2, 0) is 6.42 Å². The van der Waals surface area contributed by atoms with E-state index in [9.17, 15) is 0 Å². The van der Waals surface area contributed by atoms with Crippen LogP contribution in [0.25, 0.3) is 11.3 Å². The lowest BCUT2D eigenvalue weighted by Gasteiger charge is -2.07. The fraction of sp³-hybridized carbons (Fsp3) is 0.231. The highest BCUT2D eigenvalue weighted by Gasteiger charge is 2.07. The number of hydrogen-bond acceptors (Lipinski definition) is 3. The van der Waals surface area contributed by atoms with Crippen molar-refractivity contribution < 1.29 is 4.74 Å². The predicted molar refractivity (Wildman–Crippen MR) is 68.4 cm³/mol. The summed E-state index contributed by atoms with van der Waals surface area (Å²) in [7, 11) is 1.65. The molecule has 2 rings (SSSR count). The monoisotopic (exact) mass is 248 g/mol. The van der Waals surface area contributed by atoms with Gasteiger partial charge in [0.05, 0.1) is 12.8 Å². The van der Waals surface area contributed by atoms with Crippen molar-refractivity contribution in [3.8, 4) is 17.0 Å². The fourth-order valence-corrected chi connectivity index (χ4v) is 1.78. The van der Waals surface area contributed by atoms with Crippen molar-refractivity contribution in [2.45, 2.75) is 13.3 Å². The molecule has 1 aromatic heterocycles. The van der Waals surface area contributed by atoms with Crippen LogP contribution in [0.15, 0.2) is 30.5 Å². The molecule has 0 aliphatic heterocycles. The Kier molecular flexibility index (Phi) is 3.59. The number of hydrogen-bond donors (Lipinski definition) is 0. The number of halogens is 1. The lowest BCUT2D eigenvalue weighted by molar-refractivity contribution is 0.415. The maximum Gasteiger partial charge on any atom is 0.222 e. The Morgan fingerprint density at radius 1 is 1.24 bits per heavy atom. The van der Waals surface area contributed by atoms with Gasteiger partial charge in [0.2, 0.25) is 5.28 Å². The van der Waals surface area contributed by atoms with Crippen LogP contribution in [0.5, 0.6) is 5.75 Å². The van der Waals surface area contributed by atoms with Gasteiger partial charge in [0.15, 0.2) is 0 Å². The zero-order chi connectivity index (χ0) is 12.3. The second-order valence-corrected chi connectivity index (χ2v) is 3.93. The first-order chi connectivity index (χ1) is 8.24. The predicted octanol–water partition coefficient (Wildman–Crippen LogP) is 3.37. The first-order valence-electron chi connectivity index (χ1n) is 5.40. The molecule has 0 aliphatic carbocycles. The smallest absolute Gasteiger partial charge is 0.222 e. The molecule has 0 saturated carbocycles. The molecule has 0 atom stereocenters. The van der Waals surface area contributed by atoms with E-state index in [2.05, 4.69) is 16.9 Å². The van der Waals surface area contributed by atoms with Crippen molar-refractivity contribution in [3.05, 3.63) is 41.3 Å². The Labute approximate surface area is 105 Å². The maximum absolute atomic E-state index is 5.84. The topological polar surface area (TPSA) is 35.0 Å². The summed E-state index contributed by atoms with van der Waals surface area (Å²) in [4.78, 5) is 8.28. The first-order valence-corrected chi connectivity index (χ1v) is 5.78. The number of aromatic nitrogens is 2. The standard InChI is InChI=1S/C13H13ClN2O/c1-3-9-8-15-13(14)16-12(9)10-4-6-11(17-2)7-5-10/h4-8H,3H2,1-2H3. The van der Waals surface area contributed by atoms with Crippen molar-refractivity contribution in [1.82, 2.24) is 9.97 Å². The zero-order valence-electron chi connectivity index (χ0n) is 9.77. The van der Waals surface area contributed by atoms with Gasteiger partial charge in [-0.15, -0.1) is 0 Å². The van der Waals surface area contributed by atoms with Crippen LogP contribution in [0.4, 0.5) is 0 Å². The average Bonchev–Trinajstić information content (AvgIpc) is 2.39. The minimum atomic E-state index is 0.271. The third-order valence-corrected chi connectivity index (χ3v) is 2.76. The van der Waals surface area contributed by atoms with Crippen LogP contribution in [0.3, 0.4) is 0 Å². The Morgan fingerprint density at radius 3 is 2.53 bits per heavy atom. The Bertz CT molecular complexity index is 511. The highest BCUT2D eigenvalue weighted by molar-refractivity contribution is 6.28. The number of rotatable bonds is 3. The maximum atomic E-state index is 5.84. The molecular weight excluding hydrogens is 236 g/mol. The molecule has 0 fully saturated rings. The first kappa shape index (κ1) is 11.9. The summed E-state index contributed by atoms with van der Waals surface area (Å²) < 4.78 is 5.13. The van der Waals surface area contributed by atoms with Gasteiger partial charge in [0, 0.05) is 11.8 Å². The average molecular weight is 249 g/mol. The van der Waals surface area contributed by atoms with Crippen molar-refractivity contribution in [3.63, 3.8) is 0 Å². The minimum Gasteiger partial charge on any atom is -0.497 e. The molecule has 4 heteroatoms. The molecule has 2 aromatic rings. The second kappa shape index (κ2) is 5.15. The van der Waals surface area contributed by atoms with Gasteiger partial charge in [-0.05, 0) is 47.9 Å². The highest BCUT2D eigenvalue weighted by atomic mass is 35.5. The molecule has 0 spiro atoms. The fourth-order valence-electron chi connectivity index (χ4n) is 1.64. The van der Waals surface area contributed by atoms with Crippen LogP contribution in [0.1, 0.15) is 12.5 Å². The van der Waals surface area contributed by atoms with E-state index in [1.807, 2.05) is 24.3 Å². The summed E-state index contributed by atoms with van der Waals surface area (Å²) >= 11 is 5.84. The number of nitrogens with zero attached hydrogens (tertiary/aromatic N) is 2. The van der Waals surface area contributed by atoms with Crippen molar-refractivity contribution in [2.24, 2.45) is 0 Å². The minimum absolute atomic E-state index is 0.271. The van der Waals surface area contributed by atoms with Gasteiger partial charge in [-0.2, -0.15) is 0 Å². The summed E-state index contributed by atoms with van der Waals surface area (Å²) in [5, 5.41) is 0.271. The van der Waals surface area contributed by atoms with Crippen LogP contribution < -0.4 is 4.74 Å². The van der Waals surface area contributed by atoms with Crippen molar-refractivity contribution in [1.29, 1.82) is 0 Å². The highest BCUT2D eigenvalue weighted by Crippen LogP contribution is 2.24. The SMILES string of the molecule is CCc1cnc(Cl)nc1-c1ccc(OC)cc1. The van der Waals surface area contributed by atoms with Crippen LogP contribution in [0, 0.1) is 0 Å². The molecule has 0 N–H and O–H groups in total. The largest absolute Gasteiger partial charge is 0.497 e. The van der Waals surface area contributed by atoms with E-state index in [4.69, 9.17) is 16.3 Å². The molecule has 88 valence electrons. The molecule has 1 heterocycles. The van der Waals surface area contributed by atoms with E-state index in [0.717, 1.165) is 29.0 Å². The van der Waals surface area contributed by atoms with Gasteiger partial charge in [0.1, 0.15) is 5.75 Å². The lowest BCUT2D eigenvalue weighted by atomic mass is 10.1. The van der Waals surface area contributed by atoms with Gasteiger partial charge >= 0.3 is 0 Å². The Morgan fingerprint density at radius 2 is 1.94 bits per heavy atom. The van der Waals surface area contributed by atoms with Crippen LogP contribution in [-0.4, -0.2) is 17.1 Å². The van der Waals surface area contributed by atoms with Gasteiger partial charge in [-0.3, -0.25) is 0 Å². The Hall–Kier alpha value is -1.61. The summed E-state index contributed by atoms with van der Waals surface area (Å²) in [6.45, 7) is 2.07. The number of methoxy groups -OCH3 is 1. The summed E-state index contributed by atoms with van der Waals surface area (Å²) in [6, 6.07) is 7.75. The number of ether oxygens (including phenoxy) is 1. The van der Waals surface area contributed by atoms with Crippen LogP contribution >= 0.6 is 11.6 Å². The molecule has 0 aliphatic rings. The number of benzene rings is 1. The lowest BCUT2D eigenvalue weighted by Crippen LogP contribution is -1.95. The molecule has 0 amide bonds. The molecule has 1 aromatic carbocycles. The zero-order valence-corrected chi connectivity index (χ0v) is 10.5. The van der Waals surface area contributed by atoms with Crippen molar-refractivity contribution >= 4 is 11.6 Å². The van der Waals surface area contributed by atoms with Crippen molar-refractivity contribution in [2.75, 3.05) is 7.11 Å². The normalized spacial score (nSPS) is 10.3. The van der Waals surface area contributed by atoms with Crippen LogP contribution in [0.2, 0.25) is 5.28 Å². The number of aryl methyl sites for hydroxylation is 1. The van der Waals surface area contributed by atoms with E-state index < -0.39 is 0 Å². The molecule has 17 heavy (non-hydrogen) atoms. The van der Waals surface area contributed by atoms with Gasteiger partial charge in [-0.1, -0.05) is 6.92 Å². The van der Waals surface area contributed by atoms with E-state index >= 15 is 0 Å². The van der Waals surface area contributed by atoms with E-state index in [0.29, 0.717) is 0 Å². The molecular formula is C13H13ClN2O. The Balaban J connectivity index is 2.47. The third-order valence-electron chi connectivity index (χ3n) is 2.58. The molecule has 0 unspecified atom stereocenters. The summed E-state index contributed by atoms with van der Waals surface area (Å²) in [5.74, 6) is 0.826. The summed E-state index contributed by atoms with van der Waals surface area (Å²) in [6.07, 6.45) is 2.65. The van der Waals surface area contributed by atoms with E-state index in [1.165, 1.54) is 0 Å². The molecule has 0 saturated heterocycles. The van der Waals surface area contributed by atoms with Gasteiger partial charge in [0.25, 0.3) is 0 Å². The second-order valence-electron chi connectivity index (χ2n) is 3.59. The molecule has 0 bridgehead atoms.